The zero-order valence-corrected chi connectivity index (χ0v) is 14.4. The summed E-state index contributed by atoms with van der Waals surface area (Å²) in [6, 6.07) is 2.64. The zero-order valence-electron chi connectivity index (χ0n) is 14.4. The molecule has 4 nitrogen and oxygen atoms in total. The first-order chi connectivity index (χ1) is 13.4. The molecular weight excluding hydrogens is 409 g/mol. The molecule has 0 bridgehead atoms. The van der Waals surface area contributed by atoms with Gasteiger partial charge in [0.25, 0.3) is 5.91 Å². The number of carbonyl (C=O) groups is 1. The van der Waals surface area contributed by atoms with Crippen LogP contribution in [0.3, 0.4) is 0 Å². The summed E-state index contributed by atoms with van der Waals surface area (Å²) in [5.74, 6) is -3.77. The number of fused-ring (bicyclic) bond motifs is 1. The molecule has 0 unspecified atom stereocenters. The van der Waals surface area contributed by atoms with Crippen LogP contribution >= 0.6 is 0 Å². The largest absolute Gasteiger partial charge is 0.573 e. The number of alkyl halides is 6. The van der Waals surface area contributed by atoms with Crippen LogP contribution in [0, 0.1) is 5.82 Å². The summed E-state index contributed by atoms with van der Waals surface area (Å²) in [5, 5.41) is 4.68. The second-order valence-electron chi connectivity index (χ2n) is 6.27. The van der Waals surface area contributed by atoms with E-state index in [4.69, 9.17) is 0 Å². The smallest absolute Gasteiger partial charge is 0.405 e. The molecule has 0 spiro atoms. The third kappa shape index (κ3) is 4.97. The van der Waals surface area contributed by atoms with Gasteiger partial charge in [0.2, 0.25) is 0 Å². The molecule has 1 heterocycles. The van der Waals surface area contributed by atoms with Crippen molar-refractivity contribution in [1.29, 1.82) is 0 Å². The molecule has 0 aromatic heterocycles. The molecule has 0 saturated carbocycles. The van der Waals surface area contributed by atoms with Gasteiger partial charge in [0.05, 0.1) is 0 Å². The van der Waals surface area contributed by atoms with Crippen molar-refractivity contribution in [2.24, 2.45) is 0 Å². The topological polar surface area (TPSA) is 50.4 Å². The highest BCUT2D eigenvalue weighted by Gasteiger charge is 2.45. The predicted molar refractivity (Wildman–Crippen MR) is 86.3 cm³/mol. The molecule has 1 aliphatic rings. The van der Waals surface area contributed by atoms with Crippen molar-refractivity contribution < 1.29 is 40.3 Å². The fourth-order valence-electron chi connectivity index (χ4n) is 2.95. The normalized spacial score (nSPS) is 15.0. The Balaban J connectivity index is 1.94. The number of hydrogen-bond donors (Lipinski definition) is 2. The van der Waals surface area contributed by atoms with E-state index >= 15 is 0 Å². The maximum Gasteiger partial charge on any atom is 0.573 e. The third-order valence-corrected chi connectivity index (χ3v) is 4.21. The van der Waals surface area contributed by atoms with E-state index in [0.29, 0.717) is 25.2 Å². The Morgan fingerprint density at radius 1 is 1.00 bits per heavy atom. The van der Waals surface area contributed by atoms with E-state index in [1.54, 1.807) is 11.4 Å². The van der Waals surface area contributed by atoms with Crippen LogP contribution in [0.4, 0.5) is 30.7 Å². The monoisotopic (exact) mass is 422 g/mol. The quantitative estimate of drug-likeness (QED) is 0.720. The maximum atomic E-state index is 13.6. The molecular formula is C18H13F7N2O2. The number of rotatable bonds is 4. The van der Waals surface area contributed by atoms with Gasteiger partial charge in [-0.05, 0) is 35.4 Å². The molecule has 156 valence electrons. The van der Waals surface area contributed by atoms with E-state index in [9.17, 15) is 35.5 Å². The molecule has 29 heavy (non-hydrogen) atoms. The van der Waals surface area contributed by atoms with Crippen molar-refractivity contribution in [2.45, 2.75) is 31.7 Å². The highest BCUT2D eigenvalue weighted by Crippen LogP contribution is 2.39. The van der Waals surface area contributed by atoms with Gasteiger partial charge in [0, 0.05) is 30.3 Å². The maximum absolute atomic E-state index is 13.6. The molecule has 3 rings (SSSR count). The van der Waals surface area contributed by atoms with Crippen molar-refractivity contribution in [2.75, 3.05) is 0 Å². The van der Waals surface area contributed by atoms with E-state index in [1.165, 1.54) is 12.1 Å². The Morgan fingerprint density at radius 3 is 2.34 bits per heavy atom. The van der Waals surface area contributed by atoms with E-state index in [-0.39, 0.29) is 11.6 Å². The van der Waals surface area contributed by atoms with E-state index in [1.807, 2.05) is 0 Å². The SMILES string of the molecule is O=C(N[C@H](c1ccc(F)cc1OC(F)(F)F)C(F)(F)F)c1ccc2c(c1)CNC2. The number of hydrogen-bond acceptors (Lipinski definition) is 3. The highest BCUT2D eigenvalue weighted by molar-refractivity contribution is 5.94. The van der Waals surface area contributed by atoms with Gasteiger partial charge < -0.3 is 15.4 Å². The van der Waals surface area contributed by atoms with Crippen LogP contribution in [0.1, 0.15) is 33.1 Å². The minimum Gasteiger partial charge on any atom is -0.405 e. The lowest BCUT2D eigenvalue weighted by atomic mass is 10.0. The standard InChI is InChI=1S/C18H13F7N2O2/c19-12-3-4-13(14(6-12)29-18(23,24)25)15(17(20,21)22)27-16(28)9-1-2-10-7-26-8-11(10)5-9/h1-6,15,26H,7-8H2,(H,27,28)/t15-/m1/s1. The van der Waals surface area contributed by atoms with Gasteiger partial charge in [-0.3, -0.25) is 4.79 Å². The van der Waals surface area contributed by atoms with Gasteiger partial charge in [-0.15, -0.1) is 13.2 Å². The van der Waals surface area contributed by atoms with Crippen molar-refractivity contribution in [1.82, 2.24) is 10.6 Å². The van der Waals surface area contributed by atoms with Gasteiger partial charge in [-0.1, -0.05) is 6.07 Å². The first-order valence-corrected chi connectivity index (χ1v) is 8.19. The molecule has 1 amide bonds. The first kappa shape index (κ1) is 20.9. The number of benzene rings is 2. The molecule has 2 N–H and O–H groups in total. The summed E-state index contributed by atoms with van der Waals surface area (Å²) in [6.45, 7) is 0.983. The van der Waals surface area contributed by atoms with Crippen LogP contribution in [0.5, 0.6) is 5.75 Å². The Labute approximate surface area is 159 Å². The van der Waals surface area contributed by atoms with Gasteiger partial charge in [-0.2, -0.15) is 13.2 Å². The van der Waals surface area contributed by atoms with Crippen molar-refractivity contribution >= 4 is 5.91 Å². The Kier molecular flexibility index (Phi) is 5.44. The summed E-state index contributed by atoms with van der Waals surface area (Å²) in [5.41, 5.74) is 0.437. The minimum atomic E-state index is -5.35. The predicted octanol–water partition coefficient (Wildman–Crippen LogP) is 4.36. The molecule has 11 heteroatoms. The summed E-state index contributed by atoms with van der Waals surface area (Å²) in [4.78, 5) is 12.4. The van der Waals surface area contributed by atoms with Crippen molar-refractivity contribution in [3.63, 3.8) is 0 Å². The first-order valence-electron chi connectivity index (χ1n) is 8.19. The average Bonchev–Trinajstić information content (AvgIpc) is 3.05. The average molecular weight is 422 g/mol. The van der Waals surface area contributed by atoms with Crippen LogP contribution in [-0.2, 0) is 13.1 Å². The minimum absolute atomic E-state index is 0.0953. The van der Waals surface area contributed by atoms with Crippen LogP contribution in [-0.4, -0.2) is 18.4 Å². The summed E-state index contributed by atoms with van der Waals surface area (Å²) >= 11 is 0. The number of carbonyl (C=O) groups excluding carboxylic acids is 1. The van der Waals surface area contributed by atoms with E-state index in [0.717, 1.165) is 11.1 Å². The molecule has 2 aromatic rings. The second-order valence-corrected chi connectivity index (χ2v) is 6.27. The van der Waals surface area contributed by atoms with E-state index < -0.39 is 41.6 Å². The molecule has 2 aromatic carbocycles. The summed E-state index contributed by atoms with van der Waals surface area (Å²) < 4.78 is 95.2. The Bertz CT molecular complexity index is 925. The van der Waals surface area contributed by atoms with Gasteiger partial charge in [-0.25, -0.2) is 4.39 Å². The number of ether oxygens (including phenoxy) is 1. The van der Waals surface area contributed by atoms with E-state index in [2.05, 4.69) is 10.1 Å². The summed E-state index contributed by atoms with van der Waals surface area (Å²) in [6.07, 6.45) is -10.5. The molecule has 0 saturated heterocycles. The van der Waals surface area contributed by atoms with Crippen molar-refractivity contribution in [3.8, 4) is 5.75 Å². The fourth-order valence-corrected chi connectivity index (χ4v) is 2.95. The zero-order chi connectivity index (χ0) is 21.4. The van der Waals surface area contributed by atoms with Crippen LogP contribution in [0.25, 0.3) is 0 Å². The second kappa shape index (κ2) is 7.54. The van der Waals surface area contributed by atoms with Crippen LogP contribution < -0.4 is 15.4 Å². The molecule has 0 radical (unpaired) electrons. The summed E-state index contributed by atoms with van der Waals surface area (Å²) in [7, 11) is 0. The molecule has 0 aliphatic carbocycles. The molecule has 0 fully saturated rings. The highest BCUT2D eigenvalue weighted by atomic mass is 19.4. The molecule has 1 aliphatic heterocycles. The lowest BCUT2D eigenvalue weighted by molar-refractivity contribution is -0.275. The Hall–Kier alpha value is -2.82. The number of nitrogens with one attached hydrogen (secondary N) is 2. The van der Waals surface area contributed by atoms with Gasteiger partial charge in [0.15, 0.2) is 6.04 Å². The lowest BCUT2D eigenvalue weighted by Gasteiger charge is -2.24. The Morgan fingerprint density at radius 2 is 1.69 bits per heavy atom. The van der Waals surface area contributed by atoms with Gasteiger partial charge >= 0.3 is 12.5 Å². The third-order valence-electron chi connectivity index (χ3n) is 4.21. The lowest BCUT2D eigenvalue weighted by Crippen LogP contribution is -2.38. The van der Waals surface area contributed by atoms with Crippen LogP contribution in [0.15, 0.2) is 36.4 Å². The number of amides is 1. The van der Waals surface area contributed by atoms with Crippen molar-refractivity contribution in [3.05, 3.63) is 64.5 Å². The van der Waals surface area contributed by atoms with Crippen LogP contribution in [0.2, 0.25) is 0 Å². The number of halogens is 7. The molecule has 1 atom stereocenters. The fraction of sp³-hybridized carbons (Fsp3) is 0.278. The van der Waals surface area contributed by atoms with Gasteiger partial charge in [0.1, 0.15) is 11.6 Å².